The molecule has 3 heteroatoms. The first-order valence-electron chi connectivity index (χ1n) is 3.64. The number of amides is 1. The summed E-state index contributed by atoms with van der Waals surface area (Å²) < 4.78 is 0. The number of carbonyl (C=O) groups is 2. The zero-order valence-corrected chi connectivity index (χ0v) is 6.75. The molecule has 12 heavy (non-hydrogen) atoms. The van der Waals surface area contributed by atoms with Crippen LogP contribution in [0.1, 0.15) is 12.8 Å². The lowest BCUT2D eigenvalue weighted by Crippen LogP contribution is -2.21. The zero-order chi connectivity index (χ0) is 9.23. The van der Waals surface area contributed by atoms with Gasteiger partial charge in [-0.15, -0.1) is 12.3 Å². The van der Waals surface area contributed by atoms with Crippen LogP contribution in [0.4, 0.5) is 0 Å². The summed E-state index contributed by atoms with van der Waals surface area (Å²) in [5, 5.41) is 2.57. The Balaban J connectivity index is 3.39. The minimum Gasteiger partial charge on any atom is -0.353 e. The van der Waals surface area contributed by atoms with Crippen molar-refractivity contribution < 1.29 is 9.59 Å². The van der Waals surface area contributed by atoms with E-state index >= 15 is 0 Å². The molecule has 0 aromatic carbocycles. The number of rotatable bonds is 5. The van der Waals surface area contributed by atoms with Crippen LogP contribution in [0.3, 0.4) is 0 Å². The average molecular weight is 165 g/mol. The maximum atomic E-state index is 10.8. The number of nitrogens with one attached hydrogen (secondary N) is 1. The van der Waals surface area contributed by atoms with Gasteiger partial charge >= 0.3 is 0 Å². The van der Waals surface area contributed by atoms with Crippen LogP contribution in [-0.2, 0) is 9.59 Å². The first kappa shape index (κ1) is 10.4. The molecular weight excluding hydrogens is 154 g/mol. The van der Waals surface area contributed by atoms with E-state index in [1.54, 1.807) is 0 Å². The number of aldehydes is 1. The minimum absolute atomic E-state index is 0.265. The second kappa shape index (κ2) is 7.55. The molecule has 64 valence electrons. The van der Waals surface area contributed by atoms with Gasteiger partial charge in [-0.2, -0.15) is 0 Å². The monoisotopic (exact) mass is 165 g/mol. The molecule has 0 aliphatic rings. The van der Waals surface area contributed by atoms with Crippen molar-refractivity contribution in [2.24, 2.45) is 0 Å². The fourth-order valence-electron chi connectivity index (χ4n) is 0.588. The molecule has 0 heterocycles. The van der Waals surface area contributed by atoms with E-state index in [9.17, 15) is 9.59 Å². The Hall–Kier alpha value is -1.56. The molecule has 0 saturated heterocycles. The SMILES string of the molecule is C#CCCCNC(=O)/C=C\C=O. The maximum absolute atomic E-state index is 10.8. The molecule has 0 radical (unpaired) electrons. The van der Waals surface area contributed by atoms with Crippen molar-refractivity contribution in [1.29, 1.82) is 0 Å². The molecule has 0 bridgehead atoms. The van der Waals surface area contributed by atoms with E-state index < -0.39 is 0 Å². The van der Waals surface area contributed by atoms with E-state index in [0.29, 0.717) is 19.3 Å². The summed E-state index contributed by atoms with van der Waals surface area (Å²) in [6, 6.07) is 0. The van der Waals surface area contributed by atoms with Crippen molar-refractivity contribution in [2.45, 2.75) is 12.8 Å². The topological polar surface area (TPSA) is 46.2 Å². The Bertz CT molecular complexity index is 213. The molecule has 1 amide bonds. The van der Waals surface area contributed by atoms with Crippen molar-refractivity contribution in [1.82, 2.24) is 5.32 Å². The summed E-state index contributed by atoms with van der Waals surface area (Å²) in [4.78, 5) is 20.5. The molecule has 0 fully saturated rings. The molecule has 0 aliphatic heterocycles. The first-order chi connectivity index (χ1) is 5.81. The molecular formula is C9H11NO2. The van der Waals surface area contributed by atoms with Crippen molar-refractivity contribution in [2.75, 3.05) is 6.54 Å². The third-order valence-corrected chi connectivity index (χ3v) is 1.12. The average Bonchev–Trinajstić information content (AvgIpc) is 2.09. The third kappa shape index (κ3) is 6.56. The van der Waals surface area contributed by atoms with E-state index in [1.165, 1.54) is 6.08 Å². The van der Waals surface area contributed by atoms with Crippen LogP contribution in [0.2, 0.25) is 0 Å². The van der Waals surface area contributed by atoms with E-state index in [4.69, 9.17) is 6.42 Å². The molecule has 1 N–H and O–H groups in total. The quantitative estimate of drug-likeness (QED) is 0.275. The van der Waals surface area contributed by atoms with Gasteiger partial charge in [0.1, 0.15) is 6.29 Å². The fraction of sp³-hybridized carbons (Fsp3) is 0.333. The molecule has 0 atom stereocenters. The second-order valence-electron chi connectivity index (χ2n) is 2.09. The Morgan fingerprint density at radius 2 is 2.33 bits per heavy atom. The van der Waals surface area contributed by atoms with Gasteiger partial charge in [0.25, 0.3) is 0 Å². The smallest absolute Gasteiger partial charge is 0.244 e. The van der Waals surface area contributed by atoms with Crippen molar-refractivity contribution in [3.05, 3.63) is 12.2 Å². The number of unbranched alkanes of at least 4 members (excludes halogenated alkanes) is 1. The largest absolute Gasteiger partial charge is 0.353 e. The van der Waals surface area contributed by atoms with E-state index in [1.807, 2.05) is 0 Å². The van der Waals surface area contributed by atoms with Crippen LogP contribution >= 0.6 is 0 Å². The van der Waals surface area contributed by atoms with E-state index in [2.05, 4.69) is 11.2 Å². The minimum atomic E-state index is -0.265. The van der Waals surface area contributed by atoms with Crippen LogP contribution in [0, 0.1) is 12.3 Å². The predicted octanol–water partition coefficient (Wildman–Crippen LogP) is 0.271. The predicted molar refractivity (Wildman–Crippen MR) is 46.3 cm³/mol. The summed E-state index contributed by atoms with van der Waals surface area (Å²) in [5.41, 5.74) is 0. The van der Waals surface area contributed by atoms with Crippen LogP contribution in [0.5, 0.6) is 0 Å². The number of allylic oxidation sites excluding steroid dienone is 1. The number of carbonyl (C=O) groups excluding carboxylic acids is 2. The Morgan fingerprint density at radius 3 is 2.92 bits per heavy atom. The highest BCUT2D eigenvalue weighted by Gasteiger charge is 1.91. The van der Waals surface area contributed by atoms with E-state index in [0.717, 1.165) is 12.5 Å². The summed E-state index contributed by atoms with van der Waals surface area (Å²) in [6.45, 7) is 0.548. The van der Waals surface area contributed by atoms with Gasteiger partial charge in [0.15, 0.2) is 0 Å². The standard InChI is InChI=1S/C9H11NO2/c1-2-3-4-7-10-9(12)6-5-8-11/h1,5-6,8H,3-4,7H2,(H,10,12)/b6-5-. The van der Waals surface area contributed by atoms with Gasteiger partial charge in [-0.1, -0.05) is 0 Å². The van der Waals surface area contributed by atoms with Gasteiger partial charge in [-0.05, 0) is 12.5 Å². The van der Waals surface area contributed by atoms with Crippen molar-refractivity contribution in [3.63, 3.8) is 0 Å². The van der Waals surface area contributed by atoms with Crippen LogP contribution in [0.25, 0.3) is 0 Å². The van der Waals surface area contributed by atoms with E-state index in [-0.39, 0.29) is 5.91 Å². The molecule has 0 aromatic heterocycles. The molecule has 0 aliphatic carbocycles. The zero-order valence-electron chi connectivity index (χ0n) is 6.75. The van der Waals surface area contributed by atoms with Crippen LogP contribution in [0.15, 0.2) is 12.2 Å². The van der Waals surface area contributed by atoms with Crippen molar-refractivity contribution >= 4 is 12.2 Å². The lowest BCUT2D eigenvalue weighted by molar-refractivity contribution is -0.116. The number of hydrogen-bond acceptors (Lipinski definition) is 2. The summed E-state index contributed by atoms with van der Waals surface area (Å²) in [7, 11) is 0. The summed E-state index contributed by atoms with van der Waals surface area (Å²) >= 11 is 0. The number of hydrogen-bond donors (Lipinski definition) is 1. The highest BCUT2D eigenvalue weighted by molar-refractivity contribution is 5.90. The normalized spacial score (nSPS) is 9.25. The van der Waals surface area contributed by atoms with Gasteiger partial charge < -0.3 is 5.32 Å². The van der Waals surface area contributed by atoms with Crippen LogP contribution < -0.4 is 5.32 Å². The fourth-order valence-corrected chi connectivity index (χ4v) is 0.588. The Labute approximate surface area is 71.8 Å². The van der Waals surface area contributed by atoms with Gasteiger partial charge in [0.05, 0.1) is 0 Å². The Morgan fingerprint density at radius 1 is 1.58 bits per heavy atom. The highest BCUT2D eigenvalue weighted by Crippen LogP contribution is 1.82. The lowest BCUT2D eigenvalue weighted by Gasteiger charge is -1.97. The lowest BCUT2D eigenvalue weighted by atomic mass is 10.3. The molecule has 0 spiro atoms. The van der Waals surface area contributed by atoms with Gasteiger partial charge in [0.2, 0.25) is 5.91 Å². The second-order valence-corrected chi connectivity index (χ2v) is 2.09. The van der Waals surface area contributed by atoms with Gasteiger partial charge in [-0.25, -0.2) is 0 Å². The maximum Gasteiger partial charge on any atom is 0.244 e. The van der Waals surface area contributed by atoms with Crippen LogP contribution in [-0.4, -0.2) is 18.7 Å². The third-order valence-electron chi connectivity index (χ3n) is 1.12. The molecule has 0 saturated carbocycles. The summed E-state index contributed by atoms with van der Waals surface area (Å²) in [6.07, 6.45) is 9.30. The number of terminal acetylenes is 1. The van der Waals surface area contributed by atoms with Gasteiger partial charge in [-0.3, -0.25) is 9.59 Å². The van der Waals surface area contributed by atoms with Crippen molar-refractivity contribution in [3.8, 4) is 12.3 Å². The molecule has 0 rings (SSSR count). The summed E-state index contributed by atoms with van der Waals surface area (Å²) in [5.74, 6) is 2.19. The Kier molecular flexibility index (Phi) is 6.56. The molecule has 0 unspecified atom stereocenters. The molecule has 0 aromatic rings. The molecule has 3 nitrogen and oxygen atoms in total. The first-order valence-corrected chi connectivity index (χ1v) is 3.64. The highest BCUT2D eigenvalue weighted by atomic mass is 16.1. The van der Waals surface area contributed by atoms with Gasteiger partial charge in [0, 0.05) is 19.0 Å².